The van der Waals surface area contributed by atoms with Crippen LogP contribution in [0.1, 0.15) is 15.9 Å². The van der Waals surface area contributed by atoms with Gasteiger partial charge in [0.15, 0.2) is 9.84 Å². The molecule has 3 aromatic rings. The molecule has 1 amide bonds. The molecule has 162 valence electrons. The zero-order chi connectivity index (χ0) is 22.6. The van der Waals surface area contributed by atoms with Crippen molar-refractivity contribution in [3.05, 3.63) is 90.0 Å². The Morgan fingerprint density at radius 2 is 1.39 bits per heavy atom. The first-order valence-corrected chi connectivity index (χ1v) is 12.1. The Morgan fingerprint density at radius 1 is 0.806 bits per heavy atom. The monoisotopic (exact) mass is 465 g/mol. The molecule has 0 saturated carbocycles. The molecule has 3 rings (SSSR count). The fourth-order valence-corrected chi connectivity index (χ4v) is 5.05. The lowest BCUT2D eigenvalue weighted by molar-refractivity contribution is 0.102. The second-order valence-corrected chi connectivity index (χ2v) is 10.4. The second kappa shape index (κ2) is 8.94. The van der Waals surface area contributed by atoms with Gasteiger partial charge in [-0.05, 0) is 42.0 Å². The summed E-state index contributed by atoms with van der Waals surface area (Å²) in [4.78, 5) is 12.0. The third kappa shape index (κ3) is 5.15. The van der Waals surface area contributed by atoms with E-state index >= 15 is 0 Å². The largest absolute Gasteiger partial charge is 0.341 e. The number of hydrogen-bond donors (Lipinski definition) is 1. The Labute approximate surface area is 178 Å². The molecule has 0 aliphatic carbocycles. The molecule has 0 saturated heterocycles. The highest BCUT2D eigenvalue weighted by Crippen LogP contribution is 2.26. The van der Waals surface area contributed by atoms with Gasteiger partial charge in [0, 0.05) is 5.56 Å². The van der Waals surface area contributed by atoms with E-state index in [1.807, 2.05) is 0 Å². The molecule has 3 aromatic carbocycles. The van der Waals surface area contributed by atoms with Gasteiger partial charge >= 0.3 is 5.76 Å². The van der Waals surface area contributed by atoms with E-state index in [4.69, 9.17) is 0 Å². The molecule has 0 fully saturated rings. The van der Waals surface area contributed by atoms with Crippen LogP contribution >= 0.6 is 0 Å². The lowest BCUT2D eigenvalue weighted by Gasteiger charge is -2.11. The number of benzene rings is 3. The number of amides is 1. The van der Waals surface area contributed by atoms with E-state index in [0.29, 0.717) is 5.56 Å². The van der Waals surface area contributed by atoms with Crippen molar-refractivity contribution in [1.29, 1.82) is 0 Å². The van der Waals surface area contributed by atoms with Crippen LogP contribution < -0.4 is 5.32 Å². The molecule has 31 heavy (non-hydrogen) atoms. The van der Waals surface area contributed by atoms with Crippen LogP contribution in [-0.2, 0) is 25.4 Å². The van der Waals surface area contributed by atoms with Gasteiger partial charge in [-0.3, -0.25) is 4.79 Å². The number of hydrogen-bond acceptors (Lipinski definition) is 5. The summed E-state index contributed by atoms with van der Waals surface area (Å²) < 4.78 is 74.3. The molecule has 0 aromatic heterocycles. The topological polar surface area (TPSA) is 97.4 Å². The van der Waals surface area contributed by atoms with E-state index in [1.165, 1.54) is 54.6 Å². The summed E-state index contributed by atoms with van der Waals surface area (Å²) in [6.45, 7) is 0. The fourth-order valence-electron chi connectivity index (χ4n) is 2.79. The molecule has 0 bridgehead atoms. The minimum absolute atomic E-state index is 0.102. The summed E-state index contributed by atoms with van der Waals surface area (Å²) >= 11 is 0. The molecule has 0 spiro atoms. The number of halogens is 2. The van der Waals surface area contributed by atoms with E-state index in [-0.39, 0.29) is 21.9 Å². The smallest absolute Gasteiger partial charge is 0.321 e. The first-order valence-electron chi connectivity index (χ1n) is 8.90. The molecule has 10 heteroatoms. The summed E-state index contributed by atoms with van der Waals surface area (Å²) in [6.07, 6.45) is 0. The quantitative estimate of drug-likeness (QED) is 0.571. The molecular formula is C21H17F2NO5S2. The van der Waals surface area contributed by atoms with Crippen LogP contribution in [0.25, 0.3) is 0 Å². The normalized spacial score (nSPS) is 12.0. The molecule has 1 N–H and O–H groups in total. The van der Waals surface area contributed by atoms with Crippen molar-refractivity contribution in [1.82, 2.24) is 0 Å². The summed E-state index contributed by atoms with van der Waals surface area (Å²) in [5.41, 5.74) is 0.273. The summed E-state index contributed by atoms with van der Waals surface area (Å²) in [5, 5.41) is 2.31. The molecule has 0 unspecified atom stereocenters. The maximum atomic E-state index is 12.9. The van der Waals surface area contributed by atoms with E-state index < -0.39 is 36.2 Å². The van der Waals surface area contributed by atoms with Crippen molar-refractivity contribution >= 4 is 31.3 Å². The molecule has 0 aliphatic rings. The number of alkyl halides is 2. The van der Waals surface area contributed by atoms with Gasteiger partial charge in [0.25, 0.3) is 5.91 Å². The van der Waals surface area contributed by atoms with Crippen molar-refractivity contribution in [3.63, 3.8) is 0 Å². The third-order valence-corrected chi connectivity index (χ3v) is 7.49. The average Bonchev–Trinajstić information content (AvgIpc) is 2.75. The van der Waals surface area contributed by atoms with Crippen LogP contribution in [-0.4, -0.2) is 28.5 Å². The summed E-state index contributed by atoms with van der Waals surface area (Å²) in [6, 6.07) is 18.4. The van der Waals surface area contributed by atoms with Gasteiger partial charge < -0.3 is 5.32 Å². The maximum absolute atomic E-state index is 12.9. The lowest BCUT2D eigenvalue weighted by atomic mass is 10.1. The molecule has 0 heterocycles. The second-order valence-electron chi connectivity index (χ2n) is 6.53. The van der Waals surface area contributed by atoms with Crippen LogP contribution in [0, 0.1) is 0 Å². The Kier molecular flexibility index (Phi) is 6.51. The highest BCUT2D eigenvalue weighted by Gasteiger charge is 2.29. The highest BCUT2D eigenvalue weighted by molar-refractivity contribution is 7.92. The molecule has 0 atom stereocenters. The van der Waals surface area contributed by atoms with Crippen molar-refractivity contribution < 1.29 is 30.4 Å². The number of nitrogens with one attached hydrogen (secondary N) is 1. The summed E-state index contributed by atoms with van der Waals surface area (Å²) in [5.74, 6) is -4.63. The Hall–Kier alpha value is -3.11. The van der Waals surface area contributed by atoms with Gasteiger partial charge in [-0.1, -0.05) is 42.5 Å². The number of anilines is 1. The predicted octanol–water partition coefficient (Wildman–Crippen LogP) is 3.91. The van der Waals surface area contributed by atoms with Crippen molar-refractivity contribution in [2.24, 2.45) is 0 Å². The van der Waals surface area contributed by atoms with Gasteiger partial charge in [0.05, 0.1) is 21.2 Å². The molecular weight excluding hydrogens is 448 g/mol. The van der Waals surface area contributed by atoms with E-state index in [2.05, 4.69) is 5.32 Å². The molecule has 0 aliphatic heterocycles. The maximum Gasteiger partial charge on any atom is 0.341 e. The first kappa shape index (κ1) is 22.6. The van der Waals surface area contributed by atoms with E-state index in [9.17, 15) is 30.4 Å². The molecule has 6 nitrogen and oxygen atoms in total. The number of carbonyl (C=O) groups excluding carboxylic acids is 1. The van der Waals surface area contributed by atoms with Crippen LogP contribution in [0.3, 0.4) is 0 Å². The van der Waals surface area contributed by atoms with Gasteiger partial charge in [0.2, 0.25) is 9.84 Å². The van der Waals surface area contributed by atoms with Crippen molar-refractivity contribution in [2.75, 3.05) is 5.32 Å². The van der Waals surface area contributed by atoms with E-state index in [1.54, 1.807) is 18.2 Å². The van der Waals surface area contributed by atoms with Gasteiger partial charge in [-0.15, -0.1) is 0 Å². The number of rotatable bonds is 7. The standard InChI is InChI=1S/C21H17F2NO5S2/c22-21(23)31(28,29)19-9-5-4-8-18(19)24-20(25)16-12-10-15(11-13-16)14-30(26,27)17-6-2-1-3-7-17/h1-13,21H,14H2,(H,24,25). The van der Waals surface area contributed by atoms with Crippen molar-refractivity contribution in [2.45, 2.75) is 21.3 Å². The Morgan fingerprint density at radius 3 is 2.00 bits per heavy atom. The minimum atomic E-state index is -4.90. The minimum Gasteiger partial charge on any atom is -0.321 e. The van der Waals surface area contributed by atoms with Gasteiger partial charge in [-0.2, -0.15) is 8.78 Å². The zero-order valence-electron chi connectivity index (χ0n) is 15.9. The first-order chi connectivity index (χ1) is 14.6. The van der Waals surface area contributed by atoms with Gasteiger partial charge in [0.1, 0.15) is 0 Å². The third-order valence-electron chi connectivity index (χ3n) is 4.35. The number of carbonyl (C=O) groups is 1. The highest BCUT2D eigenvalue weighted by atomic mass is 32.2. The number of sulfone groups is 2. The predicted molar refractivity (Wildman–Crippen MR) is 111 cm³/mol. The van der Waals surface area contributed by atoms with Crippen LogP contribution in [0.4, 0.5) is 14.5 Å². The lowest BCUT2D eigenvalue weighted by Crippen LogP contribution is -2.18. The van der Waals surface area contributed by atoms with Crippen LogP contribution in [0.5, 0.6) is 0 Å². The Balaban J connectivity index is 1.78. The average molecular weight is 465 g/mol. The number of para-hydroxylation sites is 1. The summed E-state index contributed by atoms with van der Waals surface area (Å²) in [7, 11) is -8.47. The van der Waals surface area contributed by atoms with E-state index in [0.717, 1.165) is 6.07 Å². The molecule has 0 radical (unpaired) electrons. The van der Waals surface area contributed by atoms with Crippen LogP contribution in [0.2, 0.25) is 0 Å². The van der Waals surface area contributed by atoms with Gasteiger partial charge in [-0.25, -0.2) is 16.8 Å². The van der Waals surface area contributed by atoms with Crippen LogP contribution in [0.15, 0.2) is 88.7 Å². The Bertz CT molecular complexity index is 1290. The zero-order valence-corrected chi connectivity index (χ0v) is 17.5. The fraction of sp³-hybridized carbons (Fsp3) is 0.0952. The van der Waals surface area contributed by atoms with Crippen molar-refractivity contribution in [3.8, 4) is 0 Å². The SMILES string of the molecule is O=C(Nc1ccccc1S(=O)(=O)C(F)F)c1ccc(CS(=O)(=O)c2ccccc2)cc1.